The zero-order valence-electron chi connectivity index (χ0n) is 12.9. The maximum absolute atomic E-state index is 3.15. The molecule has 0 N–H and O–H groups in total. The van der Waals surface area contributed by atoms with Crippen LogP contribution in [0.5, 0.6) is 0 Å². The Morgan fingerprint density at radius 1 is 0.583 bits per heavy atom. The Hall–Kier alpha value is -1.25. The van der Waals surface area contributed by atoms with Crippen molar-refractivity contribution in [3.05, 3.63) is 84.2 Å². The third-order valence-electron chi connectivity index (χ3n) is 3.60. The van der Waals surface area contributed by atoms with Gasteiger partial charge in [0, 0.05) is 4.88 Å². The number of benzene rings is 2. The van der Waals surface area contributed by atoms with Gasteiger partial charge < -0.3 is 12.4 Å². The zero-order valence-corrected chi connectivity index (χ0v) is 18.3. The fourth-order valence-corrected chi connectivity index (χ4v) is 4.21. The van der Waals surface area contributed by atoms with Crippen LogP contribution in [-0.2, 0) is 19.5 Å². The number of rotatable bonds is 3. The SMILES string of the molecule is [Cl-].[Zn+2].[c-]1ccc(-c2ccc(-c3ccc(-c4ccccc4)cc3)s2)s1. The van der Waals surface area contributed by atoms with Crippen molar-refractivity contribution in [3.63, 3.8) is 0 Å². The summed E-state index contributed by atoms with van der Waals surface area (Å²) >= 11 is 3.51. The molecule has 0 spiro atoms. The molecular weight excluding hydrogens is 405 g/mol. The van der Waals surface area contributed by atoms with Gasteiger partial charge in [0.2, 0.25) is 0 Å². The predicted octanol–water partition coefficient (Wildman–Crippen LogP) is 3.61. The summed E-state index contributed by atoms with van der Waals surface area (Å²) in [6.07, 6.45) is 0. The van der Waals surface area contributed by atoms with E-state index in [1.165, 1.54) is 31.3 Å². The topological polar surface area (TPSA) is 0 Å². The summed E-state index contributed by atoms with van der Waals surface area (Å²) in [7, 11) is 0. The van der Waals surface area contributed by atoms with Gasteiger partial charge in [-0.2, -0.15) is 12.1 Å². The number of halogens is 1. The number of thiophene rings is 2. The Morgan fingerprint density at radius 2 is 1.21 bits per heavy atom. The van der Waals surface area contributed by atoms with E-state index in [4.69, 9.17) is 0 Å². The molecule has 0 nitrogen and oxygen atoms in total. The second-order valence-electron chi connectivity index (χ2n) is 5.02. The Balaban J connectivity index is 0.00000104. The van der Waals surface area contributed by atoms with Crippen LogP contribution in [0.4, 0.5) is 0 Å². The fraction of sp³-hybridized carbons (Fsp3) is 0. The normalized spacial score (nSPS) is 9.83. The molecule has 0 bridgehead atoms. The third kappa shape index (κ3) is 4.04. The van der Waals surface area contributed by atoms with Crippen LogP contribution in [0.1, 0.15) is 0 Å². The summed E-state index contributed by atoms with van der Waals surface area (Å²) in [5.41, 5.74) is 3.79. The molecule has 2 heterocycles. The molecule has 4 aromatic rings. The average molecular weight is 418 g/mol. The molecule has 0 radical (unpaired) electrons. The summed E-state index contributed by atoms with van der Waals surface area (Å²) in [6, 6.07) is 27.8. The number of hydrogen-bond donors (Lipinski definition) is 0. The molecule has 0 fully saturated rings. The van der Waals surface area contributed by atoms with E-state index in [1.54, 1.807) is 11.3 Å². The molecule has 114 valence electrons. The first-order valence-corrected chi connectivity index (χ1v) is 8.75. The van der Waals surface area contributed by atoms with Gasteiger partial charge in [0.1, 0.15) is 0 Å². The summed E-state index contributed by atoms with van der Waals surface area (Å²) in [4.78, 5) is 3.91. The first-order valence-electron chi connectivity index (χ1n) is 7.12. The second kappa shape index (κ2) is 8.73. The molecule has 0 aliphatic rings. The van der Waals surface area contributed by atoms with Gasteiger partial charge in [-0.1, -0.05) is 60.7 Å². The van der Waals surface area contributed by atoms with Crippen LogP contribution in [0.25, 0.3) is 31.3 Å². The zero-order chi connectivity index (χ0) is 14.8. The summed E-state index contributed by atoms with van der Waals surface area (Å²) in [6.45, 7) is 0. The van der Waals surface area contributed by atoms with Crippen LogP contribution in [0.15, 0.2) is 78.9 Å². The molecule has 4 heteroatoms. The van der Waals surface area contributed by atoms with E-state index >= 15 is 0 Å². The van der Waals surface area contributed by atoms with Gasteiger partial charge in [-0.05, 0) is 27.6 Å². The van der Waals surface area contributed by atoms with Gasteiger partial charge in [-0.15, -0.1) is 21.6 Å². The maximum Gasteiger partial charge on any atom is 2.00 e. The second-order valence-corrected chi connectivity index (χ2v) is 6.99. The first-order chi connectivity index (χ1) is 10.9. The van der Waals surface area contributed by atoms with Gasteiger partial charge in [-0.3, -0.25) is 11.3 Å². The van der Waals surface area contributed by atoms with Crippen molar-refractivity contribution in [2.75, 3.05) is 0 Å². The number of hydrogen-bond acceptors (Lipinski definition) is 2. The standard InChI is InChI=1S/C20H13S2.ClH.Zn/c1-2-5-15(6-3-1)16-8-10-17(11-9-16)18-12-13-20(22-18)19-7-4-14-21-19;;/h1-13H;1H;/q-1;;+2/p-1. The van der Waals surface area contributed by atoms with Gasteiger partial charge in [-0.25, -0.2) is 0 Å². The molecule has 0 aliphatic heterocycles. The Kier molecular flexibility index (Phi) is 6.94. The molecule has 2 aromatic heterocycles. The Morgan fingerprint density at radius 3 is 1.88 bits per heavy atom. The summed E-state index contributed by atoms with van der Waals surface area (Å²) < 4.78 is 0. The van der Waals surface area contributed by atoms with Gasteiger partial charge in [0.05, 0.1) is 0 Å². The van der Waals surface area contributed by atoms with E-state index in [0.29, 0.717) is 0 Å². The van der Waals surface area contributed by atoms with E-state index in [-0.39, 0.29) is 31.9 Å². The monoisotopic (exact) mass is 416 g/mol. The molecule has 0 saturated carbocycles. The summed E-state index contributed by atoms with van der Waals surface area (Å²) in [5.74, 6) is 0. The quantitative estimate of drug-likeness (QED) is 0.352. The van der Waals surface area contributed by atoms with Crippen molar-refractivity contribution in [1.29, 1.82) is 0 Å². The van der Waals surface area contributed by atoms with E-state index < -0.39 is 0 Å². The predicted molar refractivity (Wildman–Crippen MR) is 97.3 cm³/mol. The van der Waals surface area contributed by atoms with Crippen LogP contribution in [0.3, 0.4) is 0 Å². The first kappa shape index (κ1) is 19.1. The van der Waals surface area contributed by atoms with Gasteiger partial charge in [0.15, 0.2) is 0 Å². The van der Waals surface area contributed by atoms with Crippen molar-refractivity contribution in [2.24, 2.45) is 0 Å². The molecule has 24 heavy (non-hydrogen) atoms. The molecule has 4 rings (SSSR count). The molecule has 0 aliphatic carbocycles. The maximum atomic E-state index is 3.15. The third-order valence-corrected chi connectivity index (χ3v) is 5.72. The van der Waals surface area contributed by atoms with Crippen molar-refractivity contribution >= 4 is 22.7 Å². The molecule has 0 saturated heterocycles. The van der Waals surface area contributed by atoms with Crippen LogP contribution in [0, 0.1) is 5.38 Å². The minimum atomic E-state index is 0. The van der Waals surface area contributed by atoms with Crippen molar-refractivity contribution in [3.8, 4) is 31.3 Å². The van der Waals surface area contributed by atoms with E-state index in [1.807, 2.05) is 23.5 Å². The Labute approximate surface area is 169 Å². The van der Waals surface area contributed by atoms with Gasteiger partial charge in [0.25, 0.3) is 0 Å². The van der Waals surface area contributed by atoms with Crippen molar-refractivity contribution < 1.29 is 31.9 Å². The minimum absolute atomic E-state index is 0. The smallest absolute Gasteiger partial charge is 1.00 e. The van der Waals surface area contributed by atoms with Crippen LogP contribution >= 0.6 is 22.7 Å². The molecule has 0 atom stereocenters. The molecule has 2 aromatic carbocycles. The average Bonchev–Trinajstić information content (AvgIpc) is 3.27. The van der Waals surface area contributed by atoms with E-state index in [0.717, 1.165) is 0 Å². The largest absolute Gasteiger partial charge is 2.00 e. The van der Waals surface area contributed by atoms with Crippen molar-refractivity contribution in [2.45, 2.75) is 0 Å². The fourth-order valence-electron chi connectivity index (χ4n) is 2.46. The Bertz CT molecular complexity index is 866. The minimum Gasteiger partial charge on any atom is -1.00 e. The molecular formula is C20H13ClS2Zn. The van der Waals surface area contributed by atoms with E-state index in [2.05, 4.69) is 72.1 Å². The van der Waals surface area contributed by atoms with Crippen LogP contribution in [-0.4, -0.2) is 0 Å². The molecule has 0 unspecified atom stereocenters. The molecule has 0 amide bonds. The summed E-state index contributed by atoms with van der Waals surface area (Å²) in [5, 5.41) is 3.15. The van der Waals surface area contributed by atoms with Crippen LogP contribution < -0.4 is 12.4 Å². The van der Waals surface area contributed by atoms with Crippen molar-refractivity contribution in [1.82, 2.24) is 0 Å². The van der Waals surface area contributed by atoms with Gasteiger partial charge >= 0.3 is 19.5 Å². The van der Waals surface area contributed by atoms with E-state index in [9.17, 15) is 0 Å². The van der Waals surface area contributed by atoms with Crippen LogP contribution in [0.2, 0.25) is 0 Å².